The van der Waals surface area contributed by atoms with E-state index in [-0.39, 0.29) is 11.7 Å². The molecule has 0 saturated carbocycles. The summed E-state index contributed by atoms with van der Waals surface area (Å²) in [6.07, 6.45) is 1.09. The molecule has 1 aliphatic rings. The molecular formula is C23H29FN2O2. The second-order valence-electron chi connectivity index (χ2n) is 7.60. The van der Waals surface area contributed by atoms with Gasteiger partial charge in [-0.05, 0) is 36.7 Å². The van der Waals surface area contributed by atoms with E-state index in [0.29, 0.717) is 32.0 Å². The van der Waals surface area contributed by atoms with E-state index in [1.54, 1.807) is 12.1 Å². The molecule has 0 spiro atoms. The minimum atomic E-state index is -0.246. The molecule has 150 valence electrons. The van der Waals surface area contributed by atoms with Crippen LogP contribution in [0.3, 0.4) is 0 Å². The number of benzene rings is 2. The maximum absolute atomic E-state index is 13.0. The van der Waals surface area contributed by atoms with Crippen molar-refractivity contribution in [2.45, 2.75) is 19.4 Å². The Hall–Kier alpha value is -2.24. The maximum atomic E-state index is 13.0. The van der Waals surface area contributed by atoms with E-state index in [1.165, 1.54) is 12.1 Å². The molecule has 1 saturated heterocycles. The van der Waals surface area contributed by atoms with Gasteiger partial charge in [0.25, 0.3) is 0 Å². The Kier molecular flexibility index (Phi) is 7.57. The van der Waals surface area contributed by atoms with Gasteiger partial charge in [0.1, 0.15) is 5.82 Å². The number of rotatable bonds is 7. The number of ether oxygens (including phenoxy) is 1. The largest absolute Gasteiger partial charge is 0.376 e. The predicted octanol–water partition coefficient (Wildman–Crippen LogP) is 3.37. The van der Waals surface area contributed by atoms with Crippen LogP contribution < -0.4 is 0 Å². The molecular weight excluding hydrogens is 355 g/mol. The van der Waals surface area contributed by atoms with E-state index in [4.69, 9.17) is 4.74 Å². The monoisotopic (exact) mass is 384 g/mol. The molecule has 0 N–H and O–H groups in total. The SMILES string of the molecule is CN1CCN(C(=O)CCc2ccc(F)cc2)C[C@H](COCc2ccccc2)C1. The first-order valence-electron chi connectivity index (χ1n) is 9.92. The Morgan fingerprint density at radius 2 is 1.79 bits per heavy atom. The number of halogens is 1. The highest BCUT2D eigenvalue weighted by Gasteiger charge is 2.24. The van der Waals surface area contributed by atoms with Crippen molar-refractivity contribution in [2.75, 3.05) is 39.8 Å². The fourth-order valence-corrected chi connectivity index (χ4v) is 3.59. The van der Waals surface area contributed by atoms with Crippen molar-refractivity contribution >= 4 is 5.91 Å². The molecule has 0 unspecified atom stereocenters. The maximum Gasteiger partial charge on any atom is 0.222 e. The molecule has 2 aromatic rings. The molecule has 1 atom stereocenters. The Morgan fingerprint density at radius 1 is 1.04 bits per heavy atom. The summed E-state index contributed by atoms with van der Waals surface area (Å²) in [7, 11) is 2.09. The highest BCUT2D eigenvalue weighted by Crippen LogP contribution is 2.13. The van der Waals surface area contributed by atoms with Crippen molar-refractivity contribution in [3.63, 3.8) is 0 Å². The van der Waals surface area contributed by atoms with E-state index in [1.807, 2.05) is 23.1 Å². The Morgan fingerprint density at radius 3 is 2.54 bits per heavy atom. The van der Waals surface area contributed by atoms with Gasteiger partial charge in [-0.2, -0.15) is 0 Å². The summed E-state index contributed by atoms with van der Waals surface area (Å²) in [5, 5.41) is 0. The van der Waals surface area contributed by atoms with Crippen LogP contribution in [0.1, 0.15) is 17.5 Å². The highest BCUT2D eigenvalue weighted by atomic mass is 19.1. The van der Waals surface area contributed by atoms with Crippen LogP contribution in [0, 0.1) is 11.7 Å². The average molecular weight is 384 g/mol. The lowest BCUT2D eigenvalue weighted by Gasteiger charge is -2.24. The first-order valence-corrected chi connectivity index (χ1v) is 9.92. The van der Waals surface area contributed by atoms with E-state index < -0.39 is 0 Å². The number of amides is 1. The summed E-state index contributed by atoms with van der Waals surface area (Å²) >= 11 is 0. The molecule has 0 aliphatic carbocycles. The molecule has 1 aliphatic heterocycles. The van der Waals surface area contributed by atoms with Crippen LogP contribution in [-0.4, -0.2) is 55.5 Å². The average Bonchev–Trinajstić information content (AvgIpc) is 2.89. The summed E-state index contributed by atoms with van der Waals surface area (Å²) in [5.74, 6) is 0.211. The van der Waals surface area contributed by atoms with Gasteiger partial charge in [0, 0.05) is 38.5 Å². The van der Waals surface area contributed by atoms with Gasteiger partial charge >= 0.3 is 0 Å². The zero-order valence-corrected chi connectivity index (χ0v) is 16.5. The number of carbonyl (C=O) groups is 1. The zero-order chi connectivity index (χ0) is 19.8. The van der Waals surface area contributed by atoms with Crippen LogP contribution in [0.4, 0.5) is 4.39 Å². The van der Waals surface area contributed by atoms with E-state index >= 15 is 0 Å². The summed E-state index contributed by atoms with van der Waals surface area (Å²) in [6, 6.07) is 16.5. The summed E-state index contributed by atoms with van der Waals surface area (Å²) in [4.78, 5) is 17.0. The lowest BCUT2D eigenvalue weighted by atomic mass is 10.1. The molecule has 3 rings (SSSR count). The lowest BCUT2D eigenvalue weighted by molar-refractivity contribution is -0.131. The van der Waals surface area contributed by atoms with Gasteiger partial charge in [-0.25, -0.2) is 4.39 Å². The van der Waals surface area contributed by atoms with Crippen LogP contribution >= 0.6 is 0 Å². The Balaban J connectivity index is 1.49. The van der Waals surface area contributed by atoms with Crippen molar-refractivity contribution in [2.24, 2.45) is 5.92 Å². The van der Waals surface area contributed by atoms with Gasteiger partial charge in [0.05, 0.1) is 13.2 Å². The number of hydrogen-bond acceptors (Lipinski definition) is 3. The van der Waals surface area contributed by atoms with Crippen LogP contribution in [0.5, 0.6) is 0 Å². The molecule has 0 radical (unpaired) electrons. The zero-order valence-electron chi connectivity index (χ0n) is 16.5. The third-order valence-electron chi connectivity index (χ3n) is 5.16. The molecule has 2 aromatic carbocycles. The first-order chi connectivity index (χ1) is 13.6. The molecule has 5 heteroatoms. The fourth-order valence-electron chi connectivity index (χ4n) is 3.59. The summed E-state index contributed by atoms with van der Waals surface area (Å²) < 4.78 is 19.0. The van der Waals surface area contributed by atoms with Crippen LogP contribution in [0.2, 0.25) is 0 Å². The quantitative estimate of drug-likeness (QED) is 0.734. The van der Waals surface area contributed by atoms with Crippen LogP contribution in [0.15, 0.2) is 54.6 Å². The standard InChI is InChI=1S/C23H29FN2O2/c1-25-13-14-26(23(27)12-9-19-7-10-22(24)11-8-19)16-21(15-25)18-28-17-20-5-3-2-4-6-20/h2-8,10-11,21H,9,12-18H2,1H3/t21-/m1/s1. The van der Waals surface area contributed by atoms with Crippen molar-refractivity contribution in [3.8, 4) is 0 Å². The van der Waals surface area contributed by atoms with Crippen molar-refractivity contribution < 1.29 is 13.9 Å². The van der Waals surface area contributed by atoms with E-state index in [9.17, 15) is 9.18 Å². The Bertz CT molecular complexity index is 736. The Labute approximate surface area is 166 Å². The lowest BCUT2D eigenvalue weighted by Crippen LogP contribution is -2.37. The van der Waals surface area contributed by atoms with Crippen LogP contribution in [0.25, 0.3) is 0 Å². The molecule has 1 amide bonds. The van der Waals surface area contributed by atoms with E-state index in [2.05, 4.69) is 24.1 Å². The smallest absolute Gasteiger partial charge is 0.222 e. The topological polar surface area (TPSA) is 32.8 Å². The van der Waals surface area contributed by atoms with Crippen molar-refractivity contribution in [1.82, 2.24) is 9.80 Å². The van der Waals surface area contributed by atoms with Gasteiger partial charge in [0.15, 0.2) is 0 Å². The normalized spacial score (nSPS) is 18.1. The molecule has 28 heavy (non-hydrogen) atoms. The number of hydrogen-bond donors (Lipinski definition) is 0. The second-order valence-corrected chi connectivity index (χ2v) is 7.60. The van der Waals surface area contributed by atoms with E-state index in [0.717, 1.165) is 37.3 Å². The molecule has 1 heterocycles. The number of nitrogens with zero attached hydrogens (tertiary/aromatic N) is 2. The summed E-state index contributed by atoms with van der Waals surface area (Å²) in [6.45, 7) is 4.50. The van der Waals surface area contributed by atoms with Crippen molar-refractivity contribution in [1.29, 1.82) is 0 Å². The fraction of sp³-hybridized carbons (Fsp3) is 0.435. The van der Waals surface area contributed by atoms with Crippen LogP contribution in [-0.2, 0) is 22.6 Å². The minimum Gasteiger partial charge on any atom is -0.376 e. The van der Waals surface area contributed by atoms with Gasteiger partial charge < -0.3 is 14.5 Å². The van der Waals surface area contributed by atoms with Gasteiger partial charge in [-0.3, -0.25) is 4.79 Å². The van der Waals surface area contributed by atoms with Gasteiger partial charge in [-0.15, -0.1) is 0 Å². The molecule has 1 fully saturated rings. The third-order valence-corrected chi connectivity index (χ3v) is 5.16. The van der Waals surface area contributed by atoms with Gasteiger partial charge in [0.2, 0.25) is 5.91 Å². The molecule has 0 aromatic heterocycles. The predicted molar refractivity (Wildman–Crippen MR) is 108 cm³/mol. The van der Waals surface area contributed by atoms with Gasteiger partial charge in [-0.1, -0.05) is 42.5 Å². The first kappa shape index (κ1) is 20.5. The number of carbonyl (C=O) groups excluding carboxylic acids is 1. The number of aryl methyl sites for hydroxylation is 1. The minimum absolute atomic E-state index is 0.160. The van der Waals surface area contributed by atoms with Crippen molar-refractivity contribution in [3.05, 3.63) is 71.5 Å². The third kappa shape index (κ3) is 6.43. The second kappa shape index (κ2) is 10.3. The molecule has 4 nitrogen and oxygen atoms in total. The molecule has 0 bridgehead atoms. The number of likely N-dealkylation sites (N-methyl/N-ethyl adjacent to an activating group) is 1. The highest BCUT2D eigenvalue weighted by molar-refractivity contribution is 5.76. The summed E-state index contributed by atoms with van der Waals surface area (Å²) in [5.41, 5.74) is 2.15.